The first-order valence-electron chi connectivity index (χ1n) is 6.55. The van der Waals surface area contributed by atoms with Crippen molar-refractivity contribution in [1.82, 2.24) is 4.90 Å². The van der Waals surface area contributed by atoms with Gasteiger partial charge in [0.05, 0.1) is 11.1 Å². The van der Waals surface area contributed by atoms with Crippen molar-refractivity contribution < 1.29 is 9.18 Å². The minimum Gasteiger partial charge on any atom is -0.297 e. The Hall–Kier alpha value is -1.22. The van der Waals surface area contributed by atoms with Crippen molar-refractivity contribution in [2.75, 3.05) is 14.1 Å². The van der Waals surface area contributed by atoms with Gasteiger partial charge in [0.1, 0.15) is 5.82 Å². The Morgan fingerprint density at radius 1 is 1.17 bits per heavy atom. The van der Waals surface area contributed by atoms with Crippen molar-refractivity contribution in [1.29, 1.82) is 0 Å². The van der Waals surface area contributed by atoms with Crippen LogP contribution in [0, 0.1) is 5.82 Å². The number of hydrogen-bond acceptors (Lipinski definition) is 2. The van der Waals surface area contributed by atoms with E-state index in [0.717, 1.165) is 25.7 Å². The van der Waals surface area contributed by atoms with E-state index >= 15 is 0 Å². The Morgan fingerprint density at radius 2 is 1.78 bits per heavy atom. The highest BCUT2D eigenvalue weighted by molar-refractivity contribution is 6.03. The average molecular weight is 249 g/mol. The molecule has 0 aromatic heterocycles. The molecule has 0 radical (unpaired) electrons. The SMILES string of the molecule is CN(C)C1(C(=O)c2ccccc2F)CCCCC1. The maximum atomic E-state index is 13.8. The summed E-state index contributed by atoms with van der Waals surface area (Å²) in [6.45, 7) is 0. The van der Waals surface area contributed by atoms with Crippen LogP contribution in [0.4, 0.5) is 4.39 Å². The van der Waals surface area contributed by atoms with Crippen LogP contribution in [0.2, 0.25) is 0 Å². The molecule has 1 aliphatic rings. The second-order valence-corrected chi connectivity index (χ2v) is 5.30. The number of carbonyl (C=O) groups excluding carboxylic acids is 1. The number of hydrogen-bond donors (Lipinski definition) is 0. The summed E-state index contributed by atoms with van der Waals surface area (Å²) >= 11 is 0. The molecule has 98 valence electrons. The number of Topliss-reactive ketones (excluding diaryl/α,β-unsaturated/α-hetero) is 1. The summed E-state index contributed by atoms with van der Waals surface area (Å²) in [5.74, 6) is -0.473. The molecule has 1 aromatic rings. The predicted octanol–water partition coefficient (Wildman–Crippen LogP) is 3.27. The number of carbonyl (C=O) groups is 1. The summed E-state index contributed by atoms with van der Waals surface area (Å²) in [5, 5.41) is 0. The maximum Gasteiger partial charge on any atom is 0.185 e. The molecule has 18 heavy (non-hydrogen) atoms. The van der Waals surface area contributed by atoms with Crippen molar-refractivity contribution in [3.63, 3.8) is 0 Å². The van der Waals surface area contributed by atoms with Crippen LogP contribution in [-0.4, -0.2) is 30.3 Å². The lowest BCUT2D eigenvalue weighted by Gasteiger charge is -2.41. The Labute approximate surface area is 108 Å². The van der Waals surface area contributed by atoms with Crippen LogP contribution in [0.15, 0.2) is 24.3 Å². The molecule has 1 aromatic carbocycles. The molecule has 0 heterocycles. The van der Waals surface area contributed by atoms with Crippen LogP contribution in [-0.2, 0) is 0 Å². The molecular weight excluding hydrogens is 229 g/mol. The minimum absolute atomic E-state index is 0.0645. The van der Waals surface area contributed by atoms with Gasteiger partial charge in [0, 0.05) is 0 Å². The molecule has 3 heteroatoms. The summed E-state index contributed by atoms with van der Waals surface area (Å²) in [5.41, 5.74) is -0.284. The van der Waals surface area contributed by atoms with Crippen molar-refractivity contribution in [3.05, 3.63) is 35.6 Å². The lowest BCUT2D eigenvalue weighted by molar-refractivity contribution is 0.0559. The predicted molar refractivity (Wildman–Crippen MR) is 70.2 cm³/mol. The average Bonchev–Trinajstić information content (AvgIpc) is 2.39. The van der Waals surface area contributed by atoms with E-state index in [9.17, 15) is 9.18 Å². The van der Waals surface area contributed by atoms with Crippen LogP contribution in [0.25, 0.3) is 0 Å². The summed E-state index contributed by atoms with van der Waals surface area (Å²) in [7, 11) is 3.84. The third kappa shape index (κ3) is 2.19. The van der Waals surface area contributed by atoms with Crippen molar-refractivity contribution in [3.8, 4) is 0 Å². The number of halogens is 1. The number of ketones is 1. The number of likely N-dealkylation sites (N-methyl/N-ethyl adjacent to an activating group) is 1. The molecule has 0 saturated heterocycles. The van der Waals surface area contributed by atoms with E-state index in [0.29, 0.717) is 0 Å². The molecule has 0 atom stereocenters. The van der Waals surface area contributed by atoms with Gasteiger partial charge in [0.2, 0.25) is 0 Å². The van der Waals surface area contributed by atoms with Gasteiger partial charge in [0.25, 0.3) is 0 Å². The first-order valence-corrected chi connectivity index (χ1v) is 6.55. The first-order chi connectivity index (χ1) is 8.58. The second-order valence-electron chi connectivity index (χ2n) is 5.30. The fourth-order valence-electron chi connectivity index (χ4n) is 2.91. The lowest BCUT2D eigenvalue weighted by atomic mass is 9.75. The van der Waals surface area contributed by atoms with Gasteiger partial charge in [-0.15, -0.1) is 0 Å². The fraction of sp³-hybridized carbons (Fsp3) is 0.533. The van der Waals surface area contributed by atoms with Crippen LogP contribution >= 0.6 is 0 Å². The molecule has 2 nitrogen and oxygen atoms in total. The summed E-state index contributed by atoms with van der Waals surface area (Å²) in [6, 6.07) is 6.30. The monoisotopic (exact) mass is 249 g/mol. The Balaban J connectivity index is 2.38. The molecule has 0 N–H and O–H groups in total. The second kappa shape index (κ2) is 5.19. The standard InChI is InChI=1S/C15H20FNO/c1-17(2)15(10-6-3-7-11-15)14(18)12-8-4-5-9-13(12)16/h4-5,8-9H,3,6-7,10-11H2,1-2H3. The van der Waals surface area contributed by atoms with E-state index in [-0.39, 0.29) is 11.3 Å². The van der Waals surface area contributed by atoms with Crippen LogP contribution in [0.5, 0.6) is 0 Å². The smallest absolute Gasteiger partial charge is 0.185 e. The Kier molecular flexibility index (Phi) is 3.81. The molecule has 2 rings (SSSR count). The lowest BCUT2D eigenvalue weighted by Crippen LogP contribution is -2.52. The largest absolute Gasteiger partial charge is 0.297 e. The number of benzene rings is 1. The quantitative estimate of drug-likeness (QED) is 0.766. The molecule has 1 aliphatic carbocycles. The van der Waals surface area contributed by atoms with Crippen LogP contribution in [0.1, 0.15) is 42.5 Å². The summed E-state index contributed by atoms with van der Waals surface area (Å²) in [6.07, 6.45) is 4.90. The van der Waals surface area contributed by atoms with E-state index in [2.05, 4.69) is 0 Å². The molecular formula is C15H20FNO. The van der Waals surface area contributed by atoms with Gasteiger partial charge >= 0.3 is 0 Å². The molecule has 0 spiro atoms. The Bertz CT molecular complexity index is 436. The van der Waals surface area contributed by atoms with Gasteiger partial charge in [-0.2, -0.15) is 0 Å². The summed E-state index contributed by atoms with van der Waals surface area (Å²) < 4.78 is 13.8. The van der Waals surface area contributed by atoms with Gasteiger partial charge in [-0.3, -0.25) is 9.69 Å². The minimum atomic E-state index is -0.513. The van der Waals surface area contributed by atoms with E-state index in [4.69, 9.17) is 0 Å². The van der Waals surface area contributed by atoms with E-state index in [1.807, 2.05) is 19.0 Å². The highest BCUT2D eigenvalue weighted by atomic mass is 19.1. The third-order valence-corrected chi connectivity index (χ3v) is 4.08. The van der Waals surface area contributed by atoms with E-state index in [1.165, 1.54) is 12.5 Å². The van der Waals surface area contributed by atoms with E-state index < -0.39 is 11.4 Å². The van der Waals surface area contributed by atoms with Gasteiger partial charge < -0.3 is 0 Å². The van der Waals surface area contributed by atoms with E-state index in [1.54, 1.807) is 18.2 Å². The highest BCUT2D eigenvalue weighted by Crippen LogP contribution is 2.35. The molecule has 0 unspecified atom stereocenters. The van der Waals surface area contributed by atoms with Gasteiger partial charge in [-0.1, -0.05) is 31.4 Å². The van der Waals surface area contributed by atoms with Gasteiger partial charge in [-0.25, -0.2) is 4.39 Å². The zero-order valence-electron chi connectivity index (χ0n) is 11.1. The normalized spacial score (nSPS) is 18.9. The fourth-order valence-corrected chi connectivity index (χ4v) is 2.91. The van der Waals surface area contributed by atoms with Crippen molar-refractivity contribution in [2.45, 2.75) is 37.6 Å². The number of rotatable bonds is 3. The molecule has 0 amide bonds. The maximum absolute atomic E-state index is 13.8. The third-order valence-electron chi connectivity index (χ3n) is 4.08. The van der Waals surface area contributed by atoms with Crippen LogP contribution < -0.4 is 0 Å². The molecule has 1 saturated carbocycles. The van der Waals surface area contributed by atoms with Crippen LogP contribution in [0.3, 0.4) is 0 Å². The number of nitrogens with zero attached hydrogens (tertiary/aromatic N) is 1. The molecule has 0 bridgehead atoms. The van der Waals surface area contributed by atoms with Gasteiger partial charge in [0.15, 0.2) is 5.78 Å². The zero-order chi connectivity index (χ0) is 13.2. The van der Waals surface area contributed by atoms with Crippen molar-refractivity contribution in [2.24, 2.45) is 0 Å². The first kappa shape index (κ1) is 13.2. The highest BCUT2D eigenvalue weighted by Gasteiger charge is 2.42. The van der Waals surface area contributed by atoms with Crippen molar-refractivity contribution >= 4 is 5.78 Å². The van der Waals surface area contributed by atoms with Gasteiger partial charge in [-0.05, 0) is 39.1 Å². The topological polar surface area (TPSA) is 20.3 Å². The molecule has 0 aliphatic heterocycles. The Morgan fingerprint density at radius 3 is 2.33 bits per heavy atom. The summed E-state index contributed by atoms with van der Waals surface area (Å²) in [4.78, 5) is 14.7. The zero-order valence-corrected chi connectivity index (χ0v) is 11.1. The molecule has 1 fully saturated rings.